The Bertz CT molecular complexity index is 798. The molecule has 134 valence electrons. The number of azo groups is 1. The average Bonchev–Trinajstić information content (AvgIpc) is 2.97. The number of rotatable bonds is 6. The van der Waals surface area contributed by atoms with Gasteiger partial charge in [0, 0.05) is 0 Å². The van der Waals surface area contributed by atoms with E-state index in [1.54, 1.807) is 24.3 Å². The van der Waals surface area contributed by atoms with Gasteiger partial charge in [-0.15, -0.1) is 0 Å². The molecule has 6 nitrogen and oxygen atoms in total. The van der Waals surface area contributed by atoms with Crippen molar-refractivity contribution < 1.29 is 14.5 Å². The molecule has 1 aliphatic heterocycles. The quantitative estimate of drug-likeness (QED) is 0.642. The molecule has 26 heavy (non-hydrogen) atoms. The maximum Gasteiger partial charge on any atom is 0.292 e. The maximum absolute atomic E-state index is 12.7. The lowest BCUT2D eigenvalue weighted by atomic mass is 10.2. The van der Waals surface area contributed by atoms with Crippen molar-refractivity contribution in [3.05, 3.63) is 54.6 Å². The third-order valence-corrected chi connectivity index (χ3v) is 4.69. The van der Waals surface area contributed by atoms with E-state index in [0.29, 0.717) is 11.4 Å². The van der Waals surface area contributed by atoms with Gasteiger partial charge < -0.3 is 4.90 Å². The standard InChI is InChI=1S/C20H22N4O2/c1-3-23(4-2)18-14-19(25)24(20(18)26)17-12-10-16(11-13-17)22-21-15-8-6-5-7-9-15/h5-13,18H,3-4,14H2,1-2H3/p+1/t18-/m0/s1. The highest BCUT2D eigenvalue weighted by Crippen LogP contribution is 2.25. The molecule has 3 rings (SSSR count). The summed E-state index contributed by atoms with van der Waals surface area (Å²) in [6.07, 6.45) is 0.269. The van der Waals surface area contributed by atoms with E-state index in [4.69, 9.17) is 0 Å². The number of nitrogens with zero attached hydrogens (tertiary/aromatic N) is 3. The Morgan fingerprint density at radius 2 is 1.50 bits per heavy atom. The highest BCUT2D eigenvalue weighted by atomic mass is 16.2. The van der Waals surface area contributed by atoms with Gasteiger partial charge in [-0.25, -0.2) is 4.90 Å². The van der Waals surface area contributed by atoms with E-state index in [2.05, 4.69) is 10.2 Å². The van der Waals surface area contributed by atoms with Gasteiger partial charge in [0.05, 0.1) is 36.6 Å². The molecule has 2 amide bonds. The van der Waals surface area contributed by atoms with E-state index in [-0.39, 0.29) is 24.3 Å². The molecule has 0 bridgehead atoms. The first-order chi connectivity index (χ1) is 12.6. The Morgan fingerprint density at radius 1 is 0.923 bits per heavy atom. The van der Waals surface area contributed by atoms with Gasteiger partial charge in [-0.1, -0.05) is 18.2 Å². The van der Waals surface area contributed by atoms with Crippen molar-refractivity contribution in [3.63, 3.8) is 0 Å². The van der Waals surface area contributed by atoms with Crippen molar-refractivity contribution in [3.8, 4) is 0 Å². The molecular weight excluding hydrogens is 328 g/mol. The third-order valence-electron chi connectivity index (χ3n) is 4.69. The molecule has 0 spiro atoms. The predicted molar refractivity (Wildman–Crippen MR) is 100 cm³/mol. The second-order valence-corrected chi connectivity index (χ2v) is 6.24. The molecule has 0 saturated carbocycles. The van der Waals surface area contributed by atoms with Crippen LogP contribution in [0.25, 0.3) is 0 Å². The number of benzene rings is 2. The van der Waals surface area contributed by atoms with Crippen LogP contribution in [0, 0.1) is 0 Å². The Morgan fingerprint density at radius 3 is 2.08 bits per heavy atom. The molecule has 2 aromatic rings. The van der Waals surface area contributed by atoms with Crippen molar-refractivity contribution in [1.82, 2.24) is 0 Å². The maximum atomic E-state index is 12.7. The summed E-state index contributed by atoms with van der Waals surface area (Å²) < 4.78 is 0. The van der Waals surface area contributed by atoms with E-state index in [9.17, 15) is 9.59 Å². The topological polar surface area (TPSA) is 66.5 Å². The minimum atomic E-state index is -0.282. The number of likely N-dealkylation sites (N-methyl/N-ethyl adjacent to an activating group) is 1. The summed E-state index contributed by atoms with van der Waals surface area (Å²) in [5.41, 5.74) is 2.03. The molecule has 1 saturated heterocycles. The predicted octanol–water partition coefficient (Wildman–Crippen LogP) is 2.66. The van der Waals surface area contributed by atoms with Crippen LogP contribution < -0.4 is 9.80 Å². The minimum Gasteiger partial charge on any atom is -0.325 e. The summed E-state index contributed by atoms with van der Waals surface area (Å²) >= 11 is 0. The smallest absolute Gasteiger partial charge is 0.292 e. The van der Waals surface area contributed by atoms with Gasteiger partial charge in [0.2, 0.25) is 5.91 Å². The lowest BCUT2D eigenvalue weighted by Crippen LogP contribution is -3.16. The van der Waals surface area contributed by atoms with E-state index in [0.717, 1.165) is 23.7 Å². The van der Waals surface area contributed by atoms with Crippen molar-refractivity contribution in [2.75, 3.05) is 18.0 Å². The number of carbonyl (C=O) groups is 2. The number of imide groups is 1. The first kappa shape index (κ1) is 17.9. The van der Waals surface area contributed by atoms with Gasteiger partial charge in [-0.2, -0.15) is 10.2 Å². The molecule has 0 aromatic heterocycles. The number of carbonyl (C=O) groups excluding carboxylic acids is 2. The minimum absolute atomic E-state index is 0.118. The van der Waals surface area contributed by atoms with Gasteiger partial charge in [-0.05, 0) is 50.2 Å². The molecule has 1 aliphatic rings. The lowest BCUT2D eigenvalue weighted by Gasteiger charge is -2.21. The average molecular weight is 351 g/mol. The Balaban J connectivity index is 1.75. The fraction of sp³-hybridized carbons (Fsp3) is 0.300. The van der Waals surface area contributed by atoms with Crippen LogP contribution in [0.3, 0.4) is 0 Å². The van der Waals surface area contributed by atoms with Crippen LogP contribution in [0.15, 0.2) is 64.8 Å². The van der Waals surface area contributed by atoms with Crippen LogP contribution in [-0.2, 0) is 9.59 Å². The van der Waals surface area contributed by atoms with E-state index < -0.39 is 0 Å². The first-order valence-electron chi connectivity index (χ1n) is 8.92. The summed E-state index contributed by atoms with van der Waals surface area (Å²) in [7, 11) is 0. The Labute approximate surface area is 153 Å². The van der Waals surface area contributed by atoms with Crippen LogP contribution in [0.2, 0.25) is 0 Å². The van der Waals surface area contributed by atoms with Crippen molar-refractivity contribution in [2.45, 2.75) is 26.3 Å². The number of hydrogen-bond acceptors (Lipinski definition) is 4. The van der Waals surface area contributed by atoms with E-state index in [1.165, 1.54) is 4.90 Å². The highest BCUT2D eigenvalue weighted by molar-refractivity contribution is 6.21. The Kier molecular flexibility index (Phi) is 5.53. The molecule has 1 heterocycles. The molecule has 6 heteroatoms. The van der Waals surface area contributed by atoms with Crippen LogP contribution >= 0.6 is 0 Å². The van der Waals surface area contributed by atoms with Crippen LogP contribution in [0.5, 0.6) is 0 Å². The molecule has 0 radical (unpaired) electrons. The molecule has 1 atom stereocenters. The molecule has 1 N–H and O–H groups in total. The van der Waals surface area contributed by atoms with Crippen molar-refractivity contribution in [1.29, 1.82) is 0 Å². The van der Waals surface area contributed by atoms with Crippen LogP contribution in [-0.4, -0.2) is 30.9 Å². The number of nitrogens with one attached hydrogen (secondary N) is 1. The molecule has 1 fully saturated rings. The first-order valence-corrected chi connectivity index (χ1v) is 8.92. The molecular formula is C20H23N4O2+. The summed E-state index contributed by atoms with van der Waals surface area (Å²) in [4.78, 5) is 27.5. The summed E-state index contributed by atoms with van der Waals surface area (Å²) in [5.74, 6) is -0.259. The monoisotopic (exact) mass is 351 g/mol. The number of anilines is 1. The molecule has 0 unspecified atom stereocenters. The van der Waals surface area contributed by atoms with Gasteiger partial charge >= 0.3 is 0 Å². The number of quaternary nitrogens is 1. The zero-order valence-corrected chi connectivity index (χ0v) is 15.1. The Hall–Kier alpha value is -2.86. The zero-order chi connectivity index (χ0) is 18.5. The fourth-order valence-corrected chi connectivity index (χ4v) is 3.24. The van der Waals surface area contributed by atoms with Crippen molar-refractivity contribution in [2.24, 2.45) is 10.2 Å². The van der Waals surface area contributed by atoms with Crippen molar-refractivity contribution >= 4 is 28.9 Å². The van der Waals surface area contributed by atoms with Gasteiger partial charge in [0.15, 0.2) is 6.04 Å². The van der Waals surface area contributed by atoms with Gasteiger partial charge in [0.25, 0.3) is 5.91 Å². The van der Waals surface area contributed by atoms with E-state index in [1.807, 2.05) is 44.2 Å². The zero-order valence-electron chi connectivity index (χ0n) is 15.1. The summed E-state index contributed by atoms with van der Waals surface area (Å²) in [5, 5.41) is 8.35. The number of amides is 2. The lowest BCUT2D eigenvalue weighted by molar-refractivity contribution is -0.911. The van der Waals surface area contributed by atoms with Crippen LogP contribution in [0.1, 0.15) is 20.3 Å². The molecule has 0 aliphatic carbocycles. The van der Waals surface area contributed by atoms with Crippen LogP contribution in [0.4, 0.5) is 17.1 Å². The summed E-state index contributed by atoms with van der Waals surface area (Å²) in [6, 6.07) is 16.2. The molecule has 2 aromatic carbocycles. The normalized spacial score (nSPS) is 17.7. The highest BCUT2D eigenvalue weighted by Gasteiger charge is 2.44. The number of hydrogen-bond donors (Lipinski definition) is 1. The second kappa shape index (κ2) is 8.01. The largest absolute Gasteiger partial charge is 0.325 e. The third kappa shape index (κ3) is 3.70. The van der Waals surface area contributed by atoms with E-state index >= 15 is 0 Å². The van der Waals surface area contributed by atoms with Gasteiger partial charge in [0.1, 0.15) is 0 Å². The fourth-order valence-electron chi connectivity index (χ4n) is 3.24. The second-order valence-electron chi connectivity index (χ2n) is 6.24. The van der Waals surface area contributed by atoms with Gasteiger partial charge in [-0.3, -0.25) is 9.59 Å². The summed E-state index contributed by atoms with van der Waals surface area (Å²) in [6.45, 7) is 5.72. The SMILES string of the molecule is CC[NH+](CC)[C@H]1CC(=O)N(c2ccc(N=Nc3ccccc3)cc2)C1=O.